The number of benzene rings is 2. The van der Waals surface area contributed by atoms with Crippen LogP contribution in [0.5, 0.6) is 0 Å². The first-order valence-corrected chi connectivity index (χ1v) is 6.51. The van der Waals surface area contributed by atoms with Crippen molar-refractivity contribution in [3.8, 4) is 0 Å². The van der Waals surface area contributed by atoms with Gasteiger partial charge in [0, 0.05) is 18.8 Å². The molecule has 0 saturated heterocycles. The van der Waals surface area contributed by atoms with Gasteiger partial charge < -0.3 is 10.6 Å². The summed E-state index contributed by atoms with van der Waals surface area (Å²) in [6, 6.07) is 10.9. The van der Waals surface area contributed by atoms with E-state index in [-0.39, 0.29) is 17.7 Å². The molecule has 0 saturated carbocycles. The Hall–Kier alpha value is -1.94. The summed E-state index contributed by atoms with van der Waals surface area (Å²) >= 11 is 0. The van der Waals surface area contributed by atoms with E-state index in [4.69, 9.17) is 5.73 Å². The van der Waals surface area contributed by atoms with Crippen LogP contribution in [0.3, 0.4) is 0 Å². The van der Waals surface area contributed by atoms with Gasteiger partial charge in [-0.15, -0.1) is 0 Å². The van der Waals surface area contributed by atoms with Gasteiger partial charge in [0.1, 0.15) is 11.6 Å². The number of hydrogen-bond acceptors (Lipinski definition) is 2. The Morgan fingerprint density at radius 1 is 1.10 bits per heavy atom. The molecule has 106 valence electrons. The summed E-state index contributed by atoms with van der Waals surface area (Å²) in [5, 5.41) is 0. The van der Waals surface area contributed by atoms with Crippen molar-refractivity contribution >= 4 is 11.4 Å². The van der Waals surface area contributed by atoms with Gasteiger partial charge >= 0.3 is 0 Å². The fourth-order valence-electron chi connectivity index (χ4n) is 2.24. The van der Waals surface area contributed by atoms with E-state index in [9.17, 15) is 8.78 Å². The van der Waals surface area contributed by atoms with Crippen LogP contribution in [0.15, 0.2) is 42.5 Å². The first-order valence-electron chi connectivity index (χ1n) is 6.51. The molecule has 0 radical (unpaired) electrons. The average molecular weight is 276 g/mol. The predicted molar refractivity (Wildman–Crippen MR) is 78.2 cm³/mol. The second-order valence-corrected chi connectivity index (χ2v) is 4.96. The molecular formula is C16H18F2N2. The topological polar surface area (TPSA) is 29.3 Å². The lowest BCUT2D eigenvalue weighted by Gasteiger charge is -2.24. The Bertz CT molecular complexity index is 580. The van der Waals surface area contributed by atoms with Crippen LogP contribution in [0.1, 0.15) is 12.5 Å². The lowest BCUT2D eigenvalue weighted by Crippen LogP contribution is -2.21. The van der Waals surface area contributed by atoms with E-state index in [1.54, 1.807) is 30.1 Å². The second kappa shape index (κ2) is 6.01. The van der Waals surface area contributed by atoms with E-state index in [1.165, 1.54) is 18.2 Å². The number of nitrogens with two attached hydrogens (primary N) is 1. The van der Waals surface area contributed by atoms with E-state index >= 15 is 0 Å². The predicted octanol–water partition coefficient (Wildman–Crippen LogP) is 3.62. The molecule has 2 aromatic rings. The van der Waals surface area contributed by atoms with E-state index < -0.39 is 0 Å². The first kappa shape index (κ1) is 14.5. The van der Waals surface area contributed by atoms with Gasteiger partial charge in [-0.2, -0.15) is 0 Å². The minimum atomic E-state index is -0.313. The molecule has 0 aliphatic rings. The molecule has 1 atom stereocenters. The number of halogens is 2. The molecule has 0 aliphatic carbocycles. The zero-order chi connectivity index (χ0) is 14.7. The molecule has 0 spiro atoms. The Balaban J connectivity index is 2.42. The minimum absolute atomic E-state index is 0.0582. The third kappa shape index (κ3) is 3.14. The van der Waals surface area contributed by atoms with Crippen LogP contribution in [0, 0.1) is 11.6 Å². The van der Waals surface area contributed by atoms with Gasteiger partial charge in [-0.25, -0.2) is 8.78 Å². The first-order chi connectivity index (χ1) is 9.49. The van der Waals surface area contributed by atoms with Gasteiger partial charge in [-0.3, -0.25) is 0 Å². The molecule has 2 aromatic carbocycles. The monoisotopic (exact) mass is 276 g/mol. The van der Waals surface area contributed by atoms with E-state index in [0.29, 0.717) is 12.1 Å². The fraction of sp³-hybridized carbons (Fsp3) is 0.250. The highest BCUT2D eigenvalue weighted by molar-refractivity contribution is 5.66. The average Bonchev–Trinajstić information content (AvgIpc) is 2.38. The van der Waals surface area contributed by atoms with Gasteiger partial charge in [0.2, 0.25) is 0 Å². The molecule has 0 bridgehead atoms. The van der Waals surface area contributed by atoms with E-state index in [1.807, 2.05) is 13.0 Å². The maximum Gasteiger partial charge on any atom is 0.147 e. The molecule has 0 heterocycles. The quantitative estimate of drug-likeness (QED) is 0.924. The molecule has 2 rings (SSSR count). The SMILES string of the molecule is CC(N)Cc1cccc(F)c1N(C)c1ccc(F)cc1. The van der Waals surface area contributed by atoms with Crippen LogP contribution in [0.4, 0.5) is 20.2 Å². The highest BCUT2D eigenvalue weighted by Gasteiger charge is 2.15. The van der Waals surface area contributed by atoms with Gasteiger partial charge in [-0.1, -0.05) is 12.1 Å². The molecular weight excluding hydrogens is 258 g/mol. The van der Waals surface area contributed by atoms with E-state index in [2.05, 4.69) is 0 Å². The van der Waals surface area contributed by atoms with Crippen molar-refractivity contribution in [2.45, 2.75) is 19.4 Å². The molecule has 4 heteroatoms. The second-order valence-electron chi connectivity index (χ2n) is 4.96. The molecule has 20 heavy (non-hydrogen) atoms. The van der Waals surface area contributed by atoms with Crippen molar-refractivity contribution in [2.24, 2.45) is 5.73 Å². The maximum absolute atomic E-state index is 14.2. The summed E-state index contributed by atoms with van der Waals surface area (Å²) in [5.41, 5.74) is 7.86. The summed E-state index contributed by atoms with van der Waals surface area (Å²) in [6.07, 6.45) is 0.582. The maximum atomic E-state index is 14.2. The zero-order valence-electron chi connectivity index (χ0n) is 11.6. The van der Waals surface area contributed by atoms with Crippen LogP contribution >= 0.6 is 0 Å². The largest absolute Gasteiger partial charge is 0.342 e. The summed E-state index contributed by atoms with van der Waals surface area (Å²) in [4.78, 5) is 1.71. The highest BCUT2D eigenvalue weighted by atomic mass is 19.1. The summed E-state index contributed by atoms with van der Waals surface area (Å²) in [5.74, 6) is -0.624. The molecule has 0 aromatic heterocycles. The molecule has 2 nitrogen and oxygen atoms in total. The van der Waals surface area contributed by atoms with Crippen molar-refractivity contribution in [1.82, 2.24) is 0 Å². The Labute approximate surface area is 117 Å². The highest BCUT2D eigenvalue weighted by Crippen LogP contribution is 2.30. The fourth-order valence-corrected chi connectivity index (χ4v) is 2.24. The van der Waals surface area contributed by atoms with Crippen molar-refractivity contribution < 1.29 is 8.78 Å². The number of hydrogen-bond donors (Lipinski definition) is 1. The van der Waals surface area contributed by atoms with Crippen LogP contribution < -0.4 is 10.6 Å². The van der Waals surface area contributed by atoms with Crippen LogP contribution in [-0.4, -0.2) is 13.1 Å². The van der Waals surface area contributed by atoms with Crippen molar-refractivity contribution in [2.75, 3.05) is 11.9 Å². The van der Waals surface area contributed by atoms with Gasteiger partial charge in [0.25, 0.3) is 0 Å². The van der Waals surface area contributed by atoms with Crippen LogP contribution in [0.25, 0.3) is 0 Å². The third-order valence-corrected chi connectivity index (χ3v) is 3.16. The lowest BCUT2D eigenvalue weighted by molar-refractivity contribution is 0.622. The van der Waals surface area contributed by atoms with Crippen molar-refractivity contribution in [3.05, 3.63) is 59.7 Å². The Morgan fingerprint density at radius 2 is 1.75 bits per heavy atom. The smallest absolute Gasteiger partial charge is 0.147 e. The van der Waals surface area contributed by atoms with Crippen molar-refractivity contribution in [3.63, 3.8) is 0 Å². The molecule has 1 unspecified atom stereocenters. The number of anilines is 2. The molecule has 0 amide bonds. The van der Waals surface area contributed by atoms with Gasteiger partial charge in [0.15, 0.2) is 0 Å². The third-order valence-electron chi connectivity index (χ3n) is 3.16. The van der Waals surface area contributed by atoms with Gasteiger partial charge in [0.05, 0.1) is 5.69 Å². The van der Waals surface area contributed by atoms with Crippen molar-refractivity contribution in [1.29, 1.82) is 0 Å². The lowest BCUT2D eigenvalue weighted by atomic mass is 10.0. The van der Waals surface area contributed by atoms with Gasteiger partial charge in [-0.05, 0) is 49.2 Å². The Kier molecular flexibility index (Phi) is 4.35. The summed E-state index contributed by atoms with van der Waals surface area (Å²) < 4.78 is 27.1. The normalized spacial score (nSPS) is 12.2. The summed E-state index contributed by atoms with van der Waals surface area (Å²) in [7, 11) is 1.76. The number of rotatable bonds is 4. The molecule has 0 fully saturated rings. The number of nitrogens with zero attached hydrogens (tertiary/aromatic N) is 1. The Morgan fingerprint density at radius 3 is 2.35 bits per heavy atom. The van der Waals surface area contributed by atoms with Crippen LogP contribution in [0.2, 0.25) is 0 Å². The number of para-hydroxylation sites is 1. The minimum Gasteiger partial charge on any atom is -0.342 e. The molecule has 2 N–H and O–H groups in total. The molecule has 0 aliphatic heterocycles. The summed E-state index contributed by atoms with van der Waals surface area (Å²) in [6.45, 7) is 1.88. The van der Waals surface area contributed by atoms with E-state index in [0.717, 1.165) is 11.3 Å². The zero-order valence-corrected chi connectivity index (χ0v) is 11.6. The van der Waals surface area contributed by atoms with Crippen LogP contribution in [-0.2, 0) is 6.42 Å². The standard InChI is InChI=1S/C16H18F2N2/c1-11(19)10-12-4-3-5-15(18)16(12)20(2)14-8-6-13(17)7-9-14/h3-9,11H,10,19H2,1-2H3.